The van der Waals surface area contributed by atoms with Crippen molar-refractivity contribution in [1.29, 1.82) is 0 Å². The first-order valence-electron chi connectivity index (χ1n) is 5.14. The van der Waals surface area contributed by atoms with Crippen molar-refractivity contribution < 1.29 is 9.15 Å². The van der Waals surface area contributed by atoms with Crippen molar-refractivity contribution in [2.24, 2.45) is 5.73 Å². The minimum atomic E-state index is 0.521. The molecule has 1 aromatic rings. The Balaban J connectivity index is 2.31. The van der Waals surface area contributed by atoms with Gasteiger partial charge in [0.25, 0.3) is 0 Å². The van der Waals surface area contributed by atoms with E-state index in [-0.39, 0.29) is 0 Å². The van der Waals surface area contributed by atoms with E-state index in [1.165, 1.54) is 0 Å². The Labute approximate surface area is 91.0 Å². The topological polar surface area (TPSA) is 51.6 Å². The van der Waals surface area contributed by atoms with Gasteiger partial charge in [-0.2, -0.15) is 0 Å². The Morgan fingerprint density at radius 3 is 2.73 bits per heavy atom. The molecule has 86 valence electrons. The average Bonchev–Trinajstić information content (AvgIpc) is 2.53. The molecule has 0 radical (unpaired) electrons. The van der Waals surface area contributed by atoms with E-state index in [1.54, 1.807) is 0 Å². The zero-order chi connectivity index (χ0) is 11.3. The number of aryl methyl sites for hydroxylation is 1. The average molecular weight is 212 g/mol. The van der Waals surface area contributed by atoms with Crippen molar-refractivity contribution in [2.45, 2.75) is 20.1 Å². The van der Waals surface area contributed by atoms with Crippen molar-refractivity contribution >= 4 is 0 Å². The zero-order valence-electron chi connectivity index (χ0n) is 9.75. The number of ether oxygens (including phenoxy) is 1. The maximum absolute atomic E-state index is 5.55. The first-order chi connectivity index (χ1) is 7.13. The number of furan rings is 1. The molecule has 1 heterocycles. The lowest BCUT2D eigenvalue weighted by Crippen LogP contribution is -2.17. The molecule has 0 saturated carbocycles. The Bertz CT molecular complexity index is 295. The van der Waals surface area contributed by atoms with Gasteiger partial charge in [0.05, 0.1) is 6.61 Å². The van der Waals surface area contributed by atoms with Gasteiger partial charge in [0.1, 0.15) is 18.1 Å². The van der Waals surface area contributed by atoms with Crippen LogP contribution in [0.15, 0.2) is 10.5 Å². The number of nitrogens with two attached hydrogens (primary N) is 1. The highest BCUT2D eigenvalue weighted by molar-refractivity contribution is 5.19. The zero-order valence-corrected chi connectivity index (χ0v) is 9.75. The summed E-state index contributed by atoms with van der Waals surface area (Å²) >= 11 is 0. The summed E-state index contributed by atoms with van der Waals surface area (Å²) in [6, 6.07) is 1.96. The van der Waals surface area contributed by atoms with Crippen LogP contribution < -0.4 is 5.73 Å². The minimum absolute atomic E-state index is 0.521. The summed E-state index contributed by atoms with van der Waals surface area (Å²) in [6.07, 6.45) is 0. The Hall–Kier alpha value is -0.840. The van der Waals surface area contributed by atoms with Gasteiger partial charge in [0, 0.05) is 18.7 Å². The number of rotatable bonds is 6. The minimum Gasteiger partial charge on any atom is -0.464 e. The molecule has 0 saturated heterocycles. The summed E-state index contributed by atoms with van der Waals surface area (Å²) in [4.78, 5) is 2.08. The number of likely N-dealkylation sites (N-methyl/N-ethyl adjacent to an activating group) is 1. The van der Waals surface area contributed by atoms with Gasteiger partial charge >= 0.3 is 0 Å². The second-order valence-corrected chi connectivity index (χ2v) is 3.85. The van der Waals surface area contributed by atoms with Gasteiger partial charge in [-0.05, 0) is 27.1 Å². The normalized spacial score (nSPS) is 11.3. The van der Waals surface area contributed by atoms with E-state index >= 15 is 0 Å². The highest BCUT2D eigenvalue weighted by Crippen LogP contribution is 2.14. The van der Waals surface area contributed by atoms with Crippen LogP contribution in [0.5, 0.6) is 0 Å². The van der Waals surface area contributed by atoms with Gasteiger partial charge in [0.2, 0.25) is 0 Å². The van der Waals surface area contributed by atoms with Crippen molar-refractivity contribution in [1.82, 2.24) is 4.90 Å². The Kier molecular flexibility index (Phi) is 4.81. The molecule has 0 fully saturated rings. The predicted molar refractivity (Wildman–Crippen MR) is 59.5 cm³/mol. The van der Waals surface area contributed by atoms with Crippen LogP contribution in [0.2, 0.25) is 0 Å². The van der Waals surface area contributed by atoms with Crippen LogP contribution in [0.25, 0.3) is 0 Å². The van der Waals surface area contributed by atoms with Gasteiger partial charge in [-0.1, -0.05) is 0 Å². The molecule has 0 aliphatic heterocycles. The quantitative estimate of drug-likeness (QED) is 0.718. The molecule has 0 spiro atoms. The first kappa shape index (κ1) is 12.2. The summed E-state index contributed by atoms with van der Waals surface area (Å²) in [5.41, 5.74) is 6.61. The lowest BCUT2D eigenvalue weighted by molar-refractivity contribution is 0.0921. The molecule has 0 amide bonds. The maximum atomic E-state index is 5.55. The van der Waals surface area contributed by atoms with E-state index in [9.17, 15) is 0 Å². The molecule has 1 rings (SSSR count). The summed E-state index contributed by atoms with van der Waals surface area (Å²) in [5.74, 6) is 1.75. The van der Waals surface area contributed by atoms with Gasteiger partial charge < -0.3 is 19.8 Å². The maximum Gasteiger partial charge on any atom is 0.130 e. The van der Waals surface area contributed by atoms with Crippen molar-refractivity contribution in [3.05, 3.63) is 23.2 Å². The Morgan fingerprint density at radius 2 is 2.20 bits per heavy atom. The molecule has 0 aliphatic carbocycles. The summed E-state index contributed by atoms with van der Waals surface area (Å²) in [6.45, 7) is 4.60. The molecule has 1 aromatic heterocycles. The predicted octanol–water partition coefficient (Wildman–Crippen LogP) is 1.12. The van der Waals surface area contributed by atoms with E-state index in [4.69, 9.17) is 14.9 Å². The van der Waals surface area contributed by atoms with Crippen LogP contribution in [0.4, 0.5) is 0 Å². The fraction of sp³-hybridized carbons (Fsp3) is 0.636. The van der Waals surface area contributed by atoms with Crippen LogP contribution in [-0.2, 0) is 17.9 Å². The molecule has 15 heavy (non-hydrogen) atoms. The van der Waals surface area contributed by atoms with Crippen LogP contribution in [0.1, 0.15) is 17.1 Å². The molecule has 0 aromatic carbocycles. The van der Waals surface area contributed by atoms with Gasteiger partial charge in [-0.3, -0.25) is 0 Å². The van der Waals surface area contributed by atoms with Crippen molar-refractivity contribution in [3.8, 4) is 0 Å². The highest BCUT2D eigenvalue weighted by Gasteiger charge is 2.05. The first-order valence-corrected chi connectivity index (χ1v) is 5.14. The third-order valence-corrected chi connectivity index (χ3v) is 2.22. The highest BCUT2D eigenvalue weighted by atomic mass is 16.5. The monoisotopic (exact) mass is 212 g/mol. The van der Waals surface area contributed by atoms with Crippen LogP contribution in [0, 0.1) is 6.92 Å². The number of nitrogens with zero attached hydrogens (tertiary/aromatic N) is 1. The Morgan fingerprint density at radius 1 is 1.47 bits per heavy atom. The fourth-order valence-corrected chi connectivity index (χ4v) is 1.28. The smallest absolute Gasteiger partial charge is 0.130 e. The molecule has 0 atom stereocenters. The molecule has 0 aliphatic rings. The van der Waals surface area contributed by atoms with E-state index in [1.807, 2.05) is 27.1 Å². The van der Waals surface area contributed by atoms with Gasteiger partial charge in [0.15, 0.2) is 0 Å². The van der Waals surface area contributed by atoms with Crippen LogP contribution in [-0.4, -0.2) is 32.1 Å². The summed E-state index contributed by atoms with van der Waals surface area (Å²) in [7, 11) is 4.04. The summed E-state index contributed by atoms with van der Waals surface area (Å²) < 4.78 is 11.0. The van der Waals surface area contributed by atoms with Gasteiger partial charge in [-0.15, -0.1) is 0 Å². The molecule has 4 heteroatoms. The molecular weight excluding hydrogens is 192 g/mol. The second-order valence-electron chi connectivity index (χ2n) is 3.85. The second kappa shape index (κ2) is 5.90. The third-order valence-electron chi connectivity index (χ3n) is 2.22. The van der Waals surface area contributed by atoms with Crippen molar-refractivity contribution in [2.75, 3.05) is 27.2 Å². The van der Waals surface area contributed by atoms with E-state index in [2.05, 4.69) is 4.90 Å². The molecular formula is C11H20N2O2. The van der Waals surface area contributed by atoms with Crippen LogP contribution in [0.3, 0.4) is 0 Å². The van der Waals surface area contributed by atoms with Crippen molar-refractivity contribution in [3.63, 3.8) is 0 Å². The molecule has 2 N–H and O–H groups in total. The third kappa shape index (κ3) is 4.03. The lowest BCUT2D eigenvalue weighted by atomic mass is 10.2. The lowest BCUT2D eigenvalue weighted by Gasteiger charge is -2.08. The molecule has 0 bridgehead atoms. The van der Waals surface area contributed by atoms with Gasteiger partial charge in [-0.25, -0.2) is 0 Å². The van der Waals surface area contributed by atoms with Crippen LogP contribution >= 0.6 is 0 Å². The molecule has 4 nitrogen and oxygen atoms in total. The van der Waals surface area contributed by atoms with E-state index in [0.29, 0.717) is 19.8 Å². The summed E-state index contributed by atoms with van der Waals surface area (Å²) in [5, 5.41) is 0. The fourth-order valence-electron chi connectivity index (χ4n) is 1.28. The van der Waals surface area contributed by atoms with E-state index < -0.39 is 0 Å². The van der Waals surface area contributed by atoms with E-state index in [0.717, 1.165) is 23.6 Å². The molecule has 0 unspecified atom stereocenters. The number of hydrogen-bond acceptors (Lipinski definition) is 4. The largest absolute Gasteiger partial charge is 0.464 e. The standard InChI is InChI=1S/C11H20N2O2/c1-9-10(7-12)6-11(15-9)8-14-5-4-13(2)3/h6H,4-5,7-8,12H2,1-3H3. The SMILES string of the molecule is Cc1oc(COCCN(C)C)cc1CN. The number of hydrogen-bond donors (Lipinski definition) is 1.